The monoisotopic (exact) mass is 370 g/mol. The Bertz CT molecular complexity index is 1250. The van der Waals surface area contributed by atoms with Crippen molar-refractivity contribution in [1.29, 1.82) is 0 Å². The van der Waals surface area contributed by atoms with Crippen LogP contribution >= 0.6 is 0 Å². The summed E-state index contributed by atoms with van der Waals surface area (Å²) < 4.78 is 9.44. The summed E-state index contributed by atoms with van der Waals surface area (Å²) in [5.74, 6) is -1.38. The molecule has 2 N–H and O–H groups in total. The number of rotatable bonds is 2. The topological polar surface area (TPSA) is 118 Å². The molecule has 0 radical (unpaired) electrons. The minimum atomic E-state index is -0.709. The highest BCUT2D eigenvalue weighted by atomic mass is 16.5. The van der Waals surface area contributed by atoms with Crippen molar-refractivity contribution in [3.63, 3.8) is 0 Å². The lowest BCUT2D eigenvalue weighted by atomic mass is 10.00. The number of H-pyrrole nitrogens is 2. The normalized spacial score (nSPS) is 11.0. The average Bonchev–Trinajstić information content (AvgIpc) is 2.66. The molecule has 3 aromatic rings. The summed E-state index contributed by atoms with van der Waals surface area (Å²) in [4.78, 5) is 55.6. The molecule has 0 saturated carbocycles. The molecular weight excluding hydrogens is 352 g/mol. The molecule has 8 nitrogen and oxygen atoms in total. The fourth-order valence-electron chi connectivity index (χ4n) is 3.18. The van der Waals surface area contributed by atoms with E-state index in [1.165, 1.54) is 28.1 Å². The first-order chi connectivity index (χ1) is 12.7. The molecule has 1 aromatic carbocycles. The van der Waals surface area contributed by atoms with E-state index < -0.39 is 17.4 Å². The molecule has 0 saturated heterocycles. The predicted octanol–water partition coefficient (Wildman–Crippen LogP) is 1.87. The molecule has 0 fully saturated rings. The first-order valence-electron chi connectivity index (χ1n) is 8.12. The van der Waals surface area contributed by atoms with Crippen LogP contribution < -0.4 is 10.9 Å². The number of carbonyl (C=O) groups excluding carboxylic acids is 2. The summed E-state index contributed by atoms with van der Waals surface area (Å²) in [5, 5.41) is 0.471. The number of aromatic nitrogens is 2. The van der Waals surface area contributed by atoms with Gasteiger partial charge in [-0.2, -0.15) is 0 Å². The van der Waals surface area contributed by atoms with E-state index in [9.17, 15) is 19.2 Å². The Morgan fingerprint density at radius 3 is 1.81 bits per heavy atom. The zero-order valence-electron chi connectivity index (χ0n) is 15.5. The summed E-state index contributed by atoms with van der Waals surface area (Å²) in [6.45, 7) is 4.73. The second-order valence-corrected chi connectivity index (χ2v) is 6.26. The number of nitrogens with one attached hydrogen (secondary N) is 2. The molecule has 140 valence electrons. The average molecular weight is 370 g/mol. The fraction of sp³-hybridized carbons (Fsp3) is 0.263. The molecule has 3 rings (SSSR count). The third-order valence-corrected chi connectivity index (χ3v) is 4.71. The van der Waals surface area contributed by atoms with Crippen LogP contribution in [0.1, 0.15) is 37.7 Å². The standard InChI is InChI=1S/C19H18N2O6/c1-7-6-10-15(21-13(18(24)26-4)8(2)16(10)22)11-12(7)20-14(19(25)27-5)9(3)17(11)23/h6H,1-5H3,(H,20,23)(H,21,22). The Kier molecular flexibility index (Phi) is 4.35. The number of benzene rings is 1. The van der Waals surface area contributed by atoms with Crippen LogP contribution in [-0.4, -0.2) is 36.1 Å². The van der Waals surface area contributed by atoms with E-state index in [-0.39, 0.29) is 44.2 Å². The van der Waals surface area contributed by atoms with Crippen molar-refractivity contribution < 1.29 is 19.1 Å². The maximum absolute atomic E-state index is 13.0. The van der Waals surface area contributed by atoms with Gasteiger partial charge >= 0.3 is 11.9 Å². The molecule has 0 atom stereocenters. The van der Waals surface area contributed by atoms with Crippen molar-refractivity contribution in [2.24, 2.45) is 0 Å². The number of methoxy groups -OCH3 is 2. The van der Waals surface area contributed by atoms with Gasteiger partial charge in [-0.1, -0.05) is 0 Å². The van der Waals surface area contributed by atoms with Gasteiger partial charge in [0.05, 0.1) is 30.6 Å². The van der Waals surface area contributed by atoms with Gasteiger partial charge in [0, 0.05) is 16.5 Å². The van der Waals surface area contributed by atoms with Gasteiger partial charge in [0.1, 0.15) is 11.4 Å². The van der Waals surface area contributed by atoms with Crippen LogP contribution in [0.5, 0.6) is 0 Å². The molecule has 0 aliphatic heterocycles. The molecule has 2 aromatic heterocycles. The van der Waals surface area contributed by atoms with Gasteiger partial charge < -0.3 is 19.4 Å². The van der Waals surface area contributed by atoms with Crippen molar-refractivity contribution in [1.82, 2.24) is 9.97 Å². The molecule has 27 heavy (non-hydrogen) atoms. The maximum Gasteiger partial charge on any atom is 0.354 e. The number of carbonyl (C=O) groups is 2. The Labute approximate surface area is 153 Å². The Morgan fingerprint density at radius 1 is 0.815 bits per heavy atom. The third kappa shape index (κ3) is 2.61. The molecule has 0 bridgehead atoms. The van der Waals surface area contributed by atoms with E-state index >= 15 is 0 Å². The molecule has 0 spiro atoms. The van der Waals surface area contributed by atoms with Gasteiger partial charge in [0.2, 0.25) is 0 Å². The van der Waals surface area contributed by atoms with Gasteiger partial charge in [0.15, 0.2) is 10.9 Å². The Balaban J connectivity index is 2.61. The molecule has 2 heterocycles. The van der Waals surface area contributed by atoms with Crippen molar-refractivity contribution >= 4 is 33.7 Å². The van der Waals surface area contributed by atoms with Gasteiger partial charge in [-0.3, -0.25) is 9.59 Å². The number of hydrogen-bond acceptors (Lipinski definition) is 6. The number of aromatic amines is 2. The molecule has 0 unspecified atom stereocenters. The molecular formula is C19H18N2O6. The van der Waals surface area contributed by atoms with E-state index in [4.69, 9.17) is 9.47 Å². The largest absolute Gasteiger partial charge is 0.464 e. The summed E-state index contributed by atoms with van der Waals surface area (Å²) in [7, 11) is 2.43. The van der Waals surface area contributed by atoms with E-state index in [2.05, 4.69) is 9.97 Å². The van der Waals surface area contributed by atoms with Crippen LogP contribution in [0, 0.1) is 20.8 Å². The lowest BCUT2D eigenvalue weighted by molar-refractivity contribution is 0.0585. The minimum Gasteiger partial charge on any atom is -0.464 e. The van der Waals surface area contributed by atoms with Crippen LogP contribution in [0.25, 0.3) is 21.8 Å². The number of fused-ring (bicyclic) bond motifs is 3. The van der Waals surface area contributed by atoms with Crippen LogP contribution in [-0.2, 0) is 9.47 Å². The minimum absolute atomic E-state index is 0.0192. The van der Waals surface area contributed by atoms with Crippen molar-refractivity contribution in [3.8, 4) is 0 Å². The summed E-state index contributed by atoms with van der Waals surface area (Å²) in [5.41, 5.74) is 0.775. The van der Waals surface area contributed by atoms with E-state index in [0.29, 0.717) is 11.1 Å². The smallest absolute Gasteiger partial charge is 0.354 e. The highest BCUT2D eigenvalue weighted by molar-refractivity contribution is 6.08. The van der Waals surface area contributed by atoms with E-state index in [1.807, 2.05) is 0 Å². The SMILES string of the molecule is COC(=O)c1[nH]c2c(cc(C)c3[nH]c(C(=O)OC)c(C)c(=O)c32)c(=O)c1C. The molecule has 0 aliphatic carbocycles. The maximum atomic E-state index is 13.0. The van der Waals surface area contributed by atoms with Gasteiger partial charge in [-0.05, 0) is 32.4 Å². The summed E-state index contributed by atoms with van der Waals surface area (Å²) in [6, 6.07) is 1.61. The first kappa shape index (κ1) is 18.4. The van der Waals surface area contributed by atoms with Gasteiger partial charge in [0.25, 0.3) is 0 Å². The van der Waals surface area contributed by atoms with Gasteiger partial charge in [-0.25, -0.2) is 9.59 Å². The zero-order chi connectivity index (χ0) is 20.0. The van der Waals surface area contributed by atoms with E-state index in [0.717, 1.165) is 0 Å². The highest BCUT2D eigenvalue weighted by Gasteiger charge is 2.22. The number of aryl methyl sites for hydroxylation is 1. The van der Waals surface area contributed by atoms with Crippen molar-refractivity contribution in [3.05, 3.63) is 54.6 Å². The summed E-state index contributed by atoms with van der Waals surface area (Å²) >= 11 is 0. The lowest BCUT2D eigenvalue weighted by Crippen LogP contribution is -2.21. The molecule has 8 heteroatoms. The number of pyridine rings is 2. The Hall–Kier alpha value is -3.42. The Morgan fingerprint density at radius 2 is 1.30 bits per heavy atom. The van der Waals surface area contributed by atoms with Crippen molar-refractivity contribution in [2.45, 2.75) is 20.8 Å². The number of ether oxygens (including phenoxy) is 2. The quantitative estimate of drug-likeness (QED) is 0.525. The van der Waals surface area contributed by atoms with Crippen molar-refractivity contribution in [2.75, 3.05) is 14.2 Å². The number of esters is 2. The predicted molar refractivity (Wildman–Crippen MR) is 99.6 cm³/mol. The van der Waals surface area contributed by atoms with Crippen LogP contribution in [0.4, 0.5) is 0 Å². The van der Waals surface area contributed by atoms with E-state index in [1.54, 1.807) is 13.0 Å². The molecule has 0 amide bonds. The highest BCUT2D eigenvalue weighted by Crippen LogP contribution is 2.24. The molecule has 0 aliphatic rings. The van der Waals surface area contributed by atoms with Crippen LogP contribution in [0.2, 0.25) is 0 Å². The lowest BCUT2D eigenvalue weighted by Gasteiger charge is -2.13. The third-order valence-electron chi connectivity index (χ3n) is 4.71. The summed E-state index contributed by atoms with van der Waals surface area (Å²) in [6.07, 6.45) is 0. The first-order valence-corrected chi connectivity index (χ1v) is 8.12. The van der Waals surface area contributed by atoms with Gasteiger partial charge in [-0.15, -0.1) is 0 Å². The second-order valence-electron chi connectivity index (χ2n) is 6.26. The van der Waals surface area contributed by atoms with Crippen LogP contribution in [0.3, 0.4) is 0 Å². The second kappa shape index (κ2) is 6.39. The fourth-order valence-corrected chi connectivity index (χ4v) is 3.18. The number of hydrogen-bond donors (Lipinski definition) is 2. The zero-order valence-corrected chi connectivity index (χ0v) is 15.5. The van der Waals surface area contributed by atoms with Crippen LogP contribution in [0.15, 0.2) is 15.7 Å².